The van der Waals surface area contributed by atoms with Crippen LogP contribution in [0.2, 0.25) is 5.02 Å². The number of amides is 3. The fourth-order valence-electron chi connectivity index (χ4n) is 3.43. The van der Waals surface area contributed by atoms with Crippen LogP contribution < -0.4 is 15.5 Å². The summed E-state index contributed by atoms with van der Waals surface area (Å²) in [5.74, 6) is 0.342. The Morgan fingerprint density at radius 2 is 1.81 bits per heavy atom. The lowest BCUT2D eigenvalue weighted by Gasteiger charge is -2.18. The van der Waals surface area contributed by atoms with Crippen molar-refractivity contribution >= 4 is 41.2 Å². The first kappa shape index (κ1) is 22.2. The SMILES string of the molecule is O=C(CSc1nnc(N2CCCC2)n1-c1cccc(Cl)c1)NC(=O)NCc1ccccc1. The Labute approximate surface area is 195 Å². The maximum absolute atomic E-state index is 12.3. The zero-order valence-corrected chi connectivity index (χ0v) is 18.9. The van der Waals surface area contributed by atoms with Crippen LogP contribution in [-0.2, 0) is 11.3 Å². The van der Waals surface area contributed by atoms with E-state index in [0.29, 0.717) is 16.7 Å². The average molecular weight is 471 g/mol. The zero-order chi connectivity index (χ0) is 22.3. The molecule has 1 fully saturated rings. The maximum atomic E-state index is 12.3. The molecule has 0 unspecified atom stereocenters. The highest BCUT2D eigenvalue weighted by molar-refractivity contribution is 7.99. The molecular weight excluding hydrogens is 448 g/mol. The summed E-state index contributed by atoms with van der Waals surface area (Å²) in [6, 6.07) is 16.4. The minimum atomic E-state index is -0.534. The van der Waals surface area contributed by atoms with Crippen LogP contribution >= 0.6 is 23.4 Å². The largest absolute Gasteiger partial charge is 0.341 e. The number of halogens is 1. The van der Waals surface area contributed by atoms with Gasteiger partial charge in [0.2, 0.25) is 11.9 Å². The van der Waals surface area contributed by atoms with Gasteiger partial charge in [-0.1, -0.05) is 59.8 Å². The van der Waals surface area contributed by atoms with Gasteiger partial charge in [-0.3, -0.25) is 14.7 Å². The number of nitrogens with one attached hydrogen (secondary N) is 2. The topological polar surface area (TPSA) is 92.2 Å². The second kappa shape index (κ2) is 10.5. The number of nitrogens with zero attached hydrogens (tertiary/aromatic N) is 4. The number of anilines is 1. The van der Waals surface area contributed by atoms with Gasteiger partial charge < -0.3 is 10.2 Å². The van der Waals surface area contributed by atoms with Gasteiger partial charge >= 0.3 is 6.03 Å². The second-order valence-corrected chi connectivity index (χ2v) is 8.68. The van der Waals surface area contributed by atoms with Crippen LogP contribution in [0.25, 0.3) is 5.69 Å². The van der Waals surface area contributed by atoms with E-state index in [-0.39, 0.29) is 5.75 Å². The molecule has 2 N–H and O–H groups in total. The molecule has 3 aromatic rings. The molecule has 0 saturated carbocycles. The summed E-state index contributed by atoms with van der Waals surface area (Å²) in [5.41, 5.74) is 1.78. The number of carbonyl (C=O) groups is 2. The van der Waals surface area contributed by atoms with Gasteiger partial charge in [0.15, 0.2) is 5.16 Å². The standard InChI is InChI=1S/C22H23ClN6O2S/c23-17-9-6-10-18(13-17)29-21(28-11-4-5-12-28)26-27-22(29)32-15-19(30)25-20(31)24-14-16-7-2-1-3-8-16/h1-3,6-10,13H,4-5,11-12,14-15H2,(H2,24,25,30,31). The van der Waals surface area contributed by atoms with Crippen molar-refractivity contribution in [2.75, 3.05) is 23.7 Å². The van der Waals surface area contributed by atoms with E-state index in [9.17, 15) is 9.59 Å². The van der Waals surface area contributed by atoms with Crippen LogP contribution in [-0.4, -0.2) is 45.5 Å². The van der Waals surface area contributed by atoms with Crippen molar-refractivity contribution in [3.05, 3.63) is 65.2 Å². The van der Waals surface area contributed by atoms with Crippen LogP contribution in [0.15, 0.2) is 59.8 Å². The number of rotatable bonds is 7. The molecule has 0 spiro atoms. The Kier molecular flexibility index (Phi) is 7.28. The Bertz CT molecular complexity index is 1090. The van der Waals surface area contributed by atoms with E-state index in [1.54, 1.807) is 6.07 Å². The molecule has 0 aliphatic carbocycles. The van der Waals surface area contributed by atoms with E-state index in [1.165, 1.54) is 11.8 Å². The van der Waals surface area contributed by atoms with E-state index in [0.717, 1.165) is 43.1 Å². The predicted octanol–water partition coefficient (Wildman–Crippen LogP) is 3.64. The van der Waals surface area contributed by atoms with Gasteiger partial charge in [0.05, 0.1) is 11.4 Å². The fraction of sp³-hybridized carbons (Fsp3) is 0.273. The van der Waals surface area contributed by atoms with E-state index in [4.69, 9.17) is 11.6 Å². The van der Waals surface area contributed by atoms with Gasteiger partial charge in [0.25, 0.3) is 0 Å². The monoisotopic (exact) mass is 470 g/mol. The fourth-order valence-corrected chi connectivity index (χ4v) is 4.37. The highest BCUT2D eigenvalue weighted by atomic mass is 35.5. The molecule has 3 amide bonds. The molecule has 1 aliphatic heterocycles. The molecule has 4 rings (SSSR count). The minimum absolute atomic E-state index is 0.0253. The third-order valence-electron chi connectivity index (χ3n) is 4.95. The highest BCUT2D eigenvalue weighted by Crippen LogP contribution is 2.29. The lowest BCUT2D eigenvalue weighted by molar-refractivity contribution is -0.117. The molecule has 2 aromatic carbocycles. The van der Waals surface area contributed by atoms with Crippen molar-refractivity contribution in [3.8, 4) is 5.69 Å². The van der Waals surface area contributed by atoms with E-state index < -0.39 is 11.9 Å². The highest BCUT2D eigenvalue weighted by Gasteiger charge is 2.23. The van der Waals surface area contributed by atoms with Crippen molar-refractivity contribution in [2.45, 2.75) is 24.5 Å². The molecule has 0 bridgehead atoms. The Morgan fingerprint density at radius 1 is 1.03 bits per heavy atom. The first-order chi connectivity index (χ1) is 15.6. The minimum Gasteiger partial charge on any atom is -0.341 e. The lowest BCUT2D eigenvalue weighted by atomic mass is 10.2. The lowest BCUT2D eigenvalue weighted by Crippen LogP contribution is -2.40. The van der Waals surface area contributed by atoms with Gasteiger partial charge in [-0.25, -0.2) is 4.79 Å². The van der Waals surface area contributed by atoms with Crippen molar-refractivity contribution in [2.24, 2.45) is 0 Å². The number of hydrogen-bond acceptors (Lipinski definition) is 6. The first-order valence-electron chi connectivity index (χ1n) is 10.3. The second-order valence-electron chi connectivity index (χ2n) is 7.30. The molecule has 1 aromatic heterocycles. The van der Waals surface area contributed by atoms with Gasteiger partial charge in [0, 0.05) is 24.7 Å². The molecular formula is C22H23ClN6O2S. The third-order valence-corrected chi connectivity index (χ3v) is 6.12. The predicted molar refractivity (Wildman–Crippen MR) is 125 cm³/mol. The van der Waals surface area contributed by atoms with Gasteiger partial charge in [-0.05, 0) is 36.6 Å². The van der Waals surface area contributed by atoms with E-state index in [2.05, 4.69) is 25.7 Å². The van der Waals surface area contributed by atoms with Crippen LogP contribution in [0.5, 0.6) is 0 Å². The van der Waals surface area contributed by atoms with Crippen molar-refractivity contribution in [1.82, 2.24) is 25.4 Å². The van der Waals surface area contributed by atoms with Crippen LogP contribution in [0.3, 0.4) is 0 Å². The molecule has 10 heteroatoms. The molecule has 32 heavy (non-hydrogen) atoms. The zero-order valence-electron chi connectivity index (χ0n) is 17.3. The van der Waals surface area contributed by atoms with Crippen LogP contribution in [0.4, 0.5) is 10.7 Å². The van der Waals surface area contributed by atoms with E-state index >= 15 is 0 Å². The number of aromatic nitrogens is 3. The summed E-state index contributed by atoms with van der Waals surface area (Å²) in [6.45, 7) is 2.16. The molecule has 2 heterocycles. The van der Waals surface area contributed by atoms with Gasteiger partial charge in [-0.15, -0.1) is 10.2 Å². The molecule has 1 aliphatic rings. The Morgan fingerprint density at radius 3 is 2.56 bits per heavy atom. The van der Waals surface area contributed by atoms with Crippen LogP contribution in [0, 0.1) is 0 Å². The number of carbonyl (C=O) groups excluding carboxylic acids is 2. The molecule has 1 saturated heterocycles. The van der Waals surface area contributed by atoms with Gasteiger partial charge in [-0.2, -0.15) is 0 Å². The van der Waals surface area contributed by atoms with E-state index in [1.807, 2.05) is 53.1 Å². The maximum Gasteiger partial charge on any atom is 0.321 e. The summed E-state index contributed by atoms with van der Waals surface area (Å²) in [7, 11) is 0. The molecule has 166 valence electrons. The first-order valence-corrected chi connectivity index (χ1v) is 11.7. The number of benzene rings is 2. The van der Waals surface area contributed by atoms with Crippen molar-refractivity contribution in [3.63, 3.8) is 0 Å². The molecule has 0 atom stereocenters. The molecule has 0 radical (unpaired) electrons. The summed E-state index contributed by atoms with van der Waals surface area (Å²) >= 11 is 7.42. The number of imide groups is 1. The summed E-state index contributed by atoms with van der Waals surface area (Å²) in [4.78, 5) is 26.5. The van der Waals surface area contributed by atoms with Crippen LogP contribution in [0.1, 0.15) is 18.4 Å². The van der Waals surface area contributed by atoms with Gasteiger partial charge in [0.1, 0.15) is 0 Å². The average Bonchev–Trinajstić information content (AvgIpc) is 3.47. The normalized spacial score (nSPS) is 13.2. The molecule has 8 nitrogen and oxygen atoms in total. The quantitative estimate of drug-likeness (QED) is 0.512. The number of hydrogen-bond donors (Lipinski definition) is 2. The Balaban J connectivity index is 1.40. The smallest absolute Gasteiger partial charge is 0.321 e. The number of urea groups is 1. The van der Waals surface area contributed by atoms with Crippen molar-refractivity contribution in [1.29, 1.82) is 0 Å². The summed E-state index contributed by atoms with van der Waals surface area (Å²) < 4.78 is 1.91. The summed E-state index contributed by atoms with van der Waals surface area (Å²) in [6.07, 6.45) is 2.21. The number of thioether (sulfide) groups is 1. The Hall–Kier alpha value is -3.04. The third kappa shape index (κ3) is 5.60. The summed E-state index contributed by atoms with van der Waals surface area (Å²) in [5, 5.41) is 14.9. The van der Waals surface area contributed by atoms with Crippen molar-refractivity contribution < 1.29 is 9.59 Å².